The van der Waals surface area contributed by atoms with Gasteiger partial charge >= 0.3 is 0 Å². The first kappa shape index (κ1) is 13.5. The maximum absolute atomic E-state index is 4.64. The van der Waals surface area contributed by atoms with Crippen LogP contribution in [0.5, 0.6) is 0 Å². The Morgan fingerprint density at radius 3 is 2.29 bits per heavy atom. The quantitative estimate of drug-likeness (QED) is 0.512. The van der Waals surface area contributed by atoms with Gasteiger partial charge in [0.2, 0.25) is 0 Å². The maximum atomic E-state index is 4.64. The number of likely N-dealkylation sites (tertiary alicyclic amines) is 1. The van der Waals surface area contributed by atoms with E-state index < -0.39 is 0 Å². The molecule has 0 aliphatic carbocycles. The van der Waals surface area contributed by atoms with Gasteiger partial charge in [0.1, 0.15) is 0 Å². The van der Waals surface area contributed by atoms with Crippen LogP contribution < -0.4 is 0 Å². The maximum Gasteiger partial charge on any atom is 0.0233 e. The zero-order valence-corrected chi connectivity index (χ0v) is 9.76. The Hall–Kier alpha value is -0.530. The van der Waals surface area contributed by atoms with E-state index >= 15 is 0 Å². The number of hydrogen-bond donors (Lipinski definition) is 0. The average Bonchev–Trinajstić information content (AvgIpc) is 2.73. The molecule has 1 saturated heterocycles. The average molecular weight is 214 g/mol. The Kier molecular flexibility index (Phi) is 8.70. The number of halogens is 1. The molecule has 0 spiro atoms. The highest BCUT2D eigenvalue weighted by Gasteiger charge is 2.10. The van der Waals surface area contributed by atoms with E-state index in [1.807, 2.05) is 18.2 Å². The van der Waals surface area contributed by atoms with Crippen molar-refractivity contribution < 1.29 is 0 Å². The molecule has 2 heteroatoms. The zero-order chi connectivity index (χ0) is 10.8. The number of rotatable bonds is 4. The van der Waals surface area contributed by atoms with Crippen molar-refractivity contribution in [1.29, 1.82) is 0 Å². The summed E-state index contributed by atoms with van der Waals surface area (Å²) in [7, 11) is 0. The molecule has 0 aromatic rings. The molecule has 0 aromatic carbocycles. The van der Waals surface area contributed by atoms with E-state index in [0.29, 0.717) is 0 Å². The topological polar surface area (TPSA) is 3.24 Å². The molecular formula is C12H20ClN. The van der Waals surface area contributed by atoms with Gasteiger partial charge in [0.05, 0.1) is 0 Å². The minimum Gasteiger partial charge on any atom is -0.299 e. The molecule has 1 nitrogen and oxygen atoms in total. The molecule has 0 atom stereocenters. The van der Waals surface area contributed by atoms with E-state index in [9.17, 15) is 0 Å². The largest absolute Gasteiger partial charge is 0.299 e. The summed E-state index contributed by atoms with van der Waals surface area (Å²) in [5.41, 5.74) is 1.27. The van der Waals surface area contributed by atoms with Crippen LogP contribution in [0.15, 0.2) is 37.0 Å². The molecule has 1 aliphatic heterocycles. The summed E-state index contributed by atoms with van der Waals surface area (Å²) in [6, 6.07) is 0. The summed E-state index contributed by atoms with van der Waals surface area (Å²) in [5, 5.41) is 0. The second-order valence-corrected chi connectivity index (χ2v) is 3.16. The Balaban J connectivity index is 0.000000791. The van der Waals surface area contributed by atoms with E-state index in [1.54, 1.807) is 0 Å². The van der Waals surface area contributed by atoms with Crippen molar-refractivity contribution in [2.24, 2.45) is 0 Å². The van der Waals surface area contributed by atoms with Gasteiger partial charge < -0.3 is 0 Å². The fraction of sp³-hybridized carbons (Fsp3) is 0.500. The first-order chi connectivity index (χ1) is 6.86. The van der Waals surface area contributed by atoms with Crippen LogP contribution in [0, 0.1) is 0 Å². The molecule has 0 saturated carbocycles. The van der Waals surface area contributed by atoms with Crippen LogP contribution in [0.4, 0.5) is 0 Å². The first-order valence-electron chi connectivity index (χ1n) is 4.91. The highest BCUT2D eigenvalue weighted by atomic mass is 35.5. The second-order valence-electron chi connectivity index (χ2n) is 3.16. The van der Waals surface area contributed by atoms with Gasteiger partial charge in [-0.3, -0.25) is 4.90 Å². The fourth-order valence-electron chi connectivity index (χ4n) is 1.54. The minimum atomic E-state index is 1.04. The van der Waals surface area contributed by atoms with E-state index in [-0.39, 0.29) is 0 Å². The SMILES string of the molecule is C=C/C=C(\C=C)CN1CCCC1.CCl. The summed E-state index contributed by atoms with van der Waals surface area (Å²) >= 11 is 4.64. The summed E-state index contributed by atoms with van der Waals surface area (Å²) in [4.78, 5) is 2.46. The van der Waals surface area contributed by atoms with Crippen molar-refractivity contribution in [2.45, 2.75) is 12.8 Å². The van der Waals surface area contributed by atoms with Crippen molar-refractivity contribution in [3.8, 4) is 0 Å². The molecule has 0 radical (unpaired) electrons. The lowest BCUT2D eigenvalue weighted by atomic mass is 10.2. The molecule has 1 heterocycles. The van der Waals surface area contributed by atoms with E-state index in [0.717, 1.165) is 6.54 Å². The Morgan fingerprint density at radius 1 is 1.29 bits per heavy atom. The van der Waals surface area contributed by atoms with Crippen LogP contribution in [0.3, 0.4) is 0 Å². The van der Waals surface area contributed by atoms with Gasteiger partial charge in [0.25, 0.3) is 0 Å². The molecule has 80 valence electrons. The van der Waals surface area contributed by atoms with Crippen LogP contribution in [0.1, 0.15) is 12.8 Å². The Labute approximate surface area is 92.7 Å². The molecule has 14 heavy (non-hydrogen) atoms. The lowest BCUT2D eigenvalue weighted by molar-refractivity contribution is 0.371. The third kappa shape index (κ3) is 5.25. The number of hydrogen-bond acceptors (Lipinski definition) is 1. The second kappa shape index (κ2) is 9.04. The monoisotopic (exact) mass is 213 g/mol. The first-order valence-corrected chi connectivity index (χ1v) is 5.66. The van der Waals surface area contributed by atoms with Crippen molar-refractivity contribution in [2.75, 3.05) is 26.0 Å². The summed E-state index contributed by atoms with van der Waals surface area (Å²) < 4.78 is 0. The van der Waals surface area contributed by atoms with Crippen LogP contribution in [0.2, 0.25) is 0 Å². The van der Waals surface area contributed by atoms with Gasteiger partial charge in [-0.05, 0) is 31.5 Å². The van der Waals surface area contributed by atoms with Gasteiger partial charge in [0.15, 0.2) is 0 Å². The molecule has 0 aromatic heterocycles. The number of nitrogens with zero attached hydrogens (tertiary/aromatic N) is 1. The summed E-state index contributed by atoms with van der Waals surface area (Å²) in [5.74, 6) is 0. The Bertz CT molecular complexity index is 190. The van der Waals surface area contributed by atoms with E-state index in [1.165, 1.54) is 37.9 Å². The molecule has 0 unspecified atom stereocenters. The number of alkyl halides is 1. The molecule has 0 amide bonds. The molecular weight excluding hydrogens is 194 g/mol. The van der Waals surface area contributed by atoms with Crippen LogP contribution in [0.25, 0.3) is 0 Å². The third-order valence-electron chi connectivity index (χ3n) is 2.20. The van der Waals surface area contributed by atoms with Crippen LogP contribution >= 0.6 is 11.6 Å². The predicted molar refractivity (Wildman–Crippen MR) is 65.9 cm³/mol. The van der Waals surface area contributed by atoms with Crippen molar-refractivity contribution >= 4 is 11.6 Å². The van der Waals surface area contributed by atoms with E-state index in [4.69, 9.17) is 0 Å². The summed E-state index contributed by atoms with van der Waals surface area (Å²) in [6.45, 7) is 11.0. The van der Waals surface area contributed by atoms with Gasteiger partial charge in [-0.15, -0.1) is 11.6 Å². The van der Waals surface area contributed by atoms with Gasteiger partial charge in [-0.25, -0.2) is 0 Å². The minimum absolute atomic E-state index is 1.04. The van der Waals surface area contributed by atoms with Gasteiger partial charge in [-0.2, -0.15) is 0 Å². The van der Waals surface area contributed by atoms with Crippen LogP contribution in [-0.4, -0.2) is 30.9 Å². The lowest BCUT2D eigenvalue weighted by Crippen LogP contribution is -2.21. The molecule has 0 N–H and O–H groups in total. The highest BCUT2D eigenvalue weighted by Crippen LogP contribution is 2.10. The van der Waals surface area contributed by atoms with Gasteiger partial charge in [-0.1, -0.05) is 31.4 Å². The molecule has 1 fully saturated rings. The molecule has 1 rings (SSSR count). The third-order valence-corrected chi connectivity index (χ3v) is 2.20. The lowest BCUT2D eigenvalue weighted by Gasteiger charge is -2.14. The van der Waals surface area contributed by atoms with Gasteiger partial charge in [0, 0.05) is 12.9 Å². The normalized spacial score (nSPS) is 17.1. The molecule has 1 aliphatic rings. The molecule has 0 bridgehead atoms. The van der Waals surface area contributed by atoms with Crippen molar-refractivity contribution in [3.63, 3.8) is 0 Å². The van der Waals surface area contributed by atoms with Crippen molar-refractivity contribution in [3.05, 3.63) is 37.0 Å². The number of allylic oxidation sites excluding steroid dienone is 2. The smallest absolute Gasteiger partial charge is 0.0233 e. The predicted octanol–water partition coefficient (Wildman–Crippen LogP) is 3.24. The zero-order valence-electron chi connectivity index (χ0n) is 9.01. The summed E-state index contributed by atoms with van der Waals surface area (Å²) in [6.07, 6.45) is 9.94. The fourth-order valence-corrected chi connectivity index (χ4v) is 1.54. The van der Waals surface area contributed by atoms with E-state index in [2.05, 4.69) is 29.7 Å². The van der Waals surface area contributed by atoms with Crippen molar-refractivity contribution in [1.82, 2.24) is 4.90 Å². The van der Waals surface area contributed by atoms with Crippen LogP contribution in [-0.2, 0) is 0 Å². The Morgan fingerprint density at radius 2 is 1.86 bits per heavy atom. The standard InChI is InChI=1S/C11H17N.CH3Cl/c1-3-7-11(4-2)10-12-8-5-6-9-12;1-2/h3-4,7H,1-2,5-6,8-10H2;1H3/b11-7+;. The highest BCUT2D eigenvalue weighted by molar-refractivity contribution is 6.15.